The van der Waals surface area contributed by atoms with E-state index in [4.69, 9.17) is 0 Å². The zero-order valence-electron chi connectivity index (χ0n) is 15.8. The van der Waals surface area contributed by atoms with Gasteiger partial charge in [0.1, 0.15) is 0 Å². The lowest BCUT2D eigenvalue weighted by atomic mass is 9.84. The van der Waals surface area contributed by atoms with Crippen molar-refractivity contribution >= 4 is 34.5 Å². The molecule has 3 rings (SSSR count). The highest BCUT2D eigenvalue weighted by Crippen LogP contribution is 2.29. The molecule has 0 aliphatic rings. The van der Waals surface area contributed by atoms with Crippen LogP contribution in [0.5, 0.6) is 0 Å². The lowest BCUT2D eigenvalue weighted by molar-refractivity contribution is 0.585. The Morgan fingerprint density at radius 3 is 2.41 bits per heavy atom. The van der Waals surface area contributed by atoms with Gasteiger partial charge in [-0.25, -0.2) is 8.77 Å². The third-order valence-corrected chi connectivity index (χ3v) is 6.35. The molecule has 0 aliphatic carbocycles. The van der Waals surface area contributed by atoms with Gasteiger partial charge < -0.3 is 0 Å². The number of hydrogen-bond donors (Lipinski definition) is 0. The maximum Gasteiger partial charge on any atom is 0.357 e. The molecule has 1 heterocycles. The second-order valence-corrected chi connectivity index (χ2v) is 9.55. The van der Waals surface area contributed by atoms with E-state index in [-0.39, 0.29) is 11.1 Å². The summed E-state index contributed by atoms with van der Waals surface area (Å²) in [5, 5.41) is 0. The molecule has 140 valence electrons. The van der Waals surface area contributed by atoms with Crippen molar-refractivity contribution in [1.82, 2.24) is 8.96 Å². The molecular formula is C22H23IN2OS. The minimum absolute atomic E-state index is 0.0678. The van der Waals surface area contributed by atoms with Crippen molar-refractivity contribution in [2.75, 3.05) is 0 Å². The first-order chi connectivity index (χ1) is 12.9. The van der Waals surface area contributed by atoms with Crippen LogP contribution in [0.3, 0.4) is 0 Å². The summed E-state index contributed by atoms with van der Waals surface area (Å²) in [6, 6.07) is 18.7. The van der Waals surface area contributed by atoms with Gasteiger partial charge in [0.25, 0.3) is 0 Å². The largest absolute Gasteiger partial charge is 0.357 e. The molecule has 0 spiro atoms. The van der Waals surface area contributed by atoms with Crippen LogP contribution in [-0.2, 0) is 17.6 Å². The summed E-state index contributed by atoms with van der Waals surface area (Å²) in [6.45, 7) is 6.66. The van der Waals surface area contributed by atoms with E-state index in [1.165, 1.54) is 28.6 Å². The predicted molar refractivity (Wildman–Crippen MR) is 122 cm³/mol. The van der Waals surface area contributed by atoms with E-state index >= 15 is 0 Å². The first kappa shape index (κ1) is 20.1. The molecule has 0 fully saturated rings. The molecule has 0 saturated heterocycles. The molecule has 2 aromatic carbocycles. The molecule has 0 bridgehead atoms. The van der Waals surface area contributed by atoms with Crippen LogP contribution in [0.4, 0.5) is 0 Å². The van der Waals surface area contributed by atoms with Crippen molar-refractivity contribution < 1.29 is 0 Å². The Kier molecular flexibility index (Phi) is 6.42. The Hall–Kier alpha value is -1.60. The van der Waals surface area contributed by atoms with Crippen molar-refractivity contribution in [2.24, 2.45) is 0 Å². The highest BCUT2D eigenvalue weighted by atomic mass is 127. The number of nitrogens with zero attached hydrogens (tertiary/aromatic N) is 2. The number of halogens is 1. The Morgan fingerprint density at radius 1 is 1.04 bits per heavy atom. The maximum atomic E-state index is 12.5. The van der Waals surface area contributed by atoms with Crippen LogP contribution in [0.1, 0.15) is 43.2 Å². The van der Waals surface area contributed by atoms with Gasteiger partial charge in [-0.1, -0.05) is 75.4 Å². The molecule has 3 aromatic rings. The Morgan fingerprint density at radius 2 is 1.70 bits per heavy atom. The number of benzene rings is 2. The van der Waals surface area contributed by atoms with Crippen molar-refractivity contribution in [3.05, 3.63) is 97.2 Å². The highest BCUT2D eigenvalue weighted by molar-refractivity contribution is 14.1. The number of hydrogen-bond acceptors (Lipinski definition) is 3. The summed E-state index contributed by atoms with van der Waals surface area (Å²) in [5.74, 6) is 0.733. The number of rotatable bonds is 5. The van der Waals surface area contributed by atoms with Gasteiger partial charge >= 0.3 is 5.69 Å². The maximum absolute atomic E-state index is 12.5. The van der Waals surface area contributed by atoms with E-state index in [2.05, 4.69) is 84.7 Å². The first-order valence-electron chi connectivity index (χ1n) is 8.88. The average Bonchev–Trinajstić information content (AvgIpc) is 2.64. The van der Waals surface area contributed by atoms with E-state index in [9.17, 15) is 4.79 Å². The van der Waals surface area contributed by atoms with E-state index in [0.29, 0.717) is 6.42 Å². The smallest absolute Gasteiger partial charge is 0.245 e. The molecule has 0 saturated carbocycles. The fraction of sp³-hybridized carbons (Fsp3) is 0.273. The van der Waals surface area contributed by atoms with Crippen molar-refractivity contribution in [3.8, 4) is 0 Å². The fourth-order valence-corrected chi connectivity index (χ4v) is 4.77. The van der Waals surface area contributed by atoms with Gasteiger partial charge in [-0.05, 0) is 56.6 Å². The average molecular weight is 490 g/mol. The van der Waals surface area contributed by atoms with Gasteiger partial charge in [-0.15, -0.1) is 0 Å². The van der Waals surface area contributed by atoms with Crippen LogP contribution in [0.15, 0.2) is 65.6 Å². The summed E-state index contributed by atoms with van der Waals surface area (Å²) < 4.78 is 2.77. The summed E-state index contributed by atoms with van der Waals surface area (Å²) in [5.41, 5.74) is 4.61. The Labute approximate surface area is 178 Å². The third-order valence-electron chi connectivity index (χ3n) is 4.37. The quantitative estimate of drug-likeness (QED) is 0.448. The van der Waals surface area contributed by atoms with Crippen molar-refractivity contribution in [1.29, 1.82) is 0 Å². The topological polar surface area (TPSA) is 34.9 Å². The Bertz CT molecular complexity index is 978. The van der Waals surface area contributed by atoms with E-state index in [0.717, 1.165) is 15.0 Å². The van der Waals surface area contributed by atoms with Crippen LogP contribution in [0.25, 0.3) is 0 Å². The lowest BCUT2D eigenvalue weighted by Gasteiger charge is -2.23. The molecule has 27 heavy (non-hydrogen) atoms. The summed E-state index contributed by atoms with van der Waals surface area (Å²) in [6.07, 6.45) is 2.38. The van der Waals surface area contributed by atoms with Gasteiger partial charge in [0, 0.05) is 18.4 Å². The molecule has 1 aromatic heterocycles. The van der Waals surface area contributed by atoms with Crippen LogP contribution in [-0.4, -0.2) is 8.96 Å². The second kappa shape index (κ2) is 8.61. The molecule has 0 amide bonds. The van der Waals surface area contributed by atoms with Crippen molar-refractivity contribution in [3.63, 3.8) is 0 Å². The second-order valence-electron chi connectivity index (χ2n) is 7.47. The monoisotopic (exact) mass is 490 g/mol. The van der Waals surface area contributed by atoms with Gasteiger partial charge in [-0.2, -0.15) is 4.98 Å². The van der Waals surface area contributed by atoms with E-state index < -0.39 is 0 Å². The molecular weight excluding hydrogens is 467 g/mol. The lowest BCUT2D eigenvalue weighted by Crippen LogP contribution is -2.23. The standard InChI is InChI=1S/C22H23IN2OS/c1-22(2,3)18-12-8-7-11-17(18)15-27-25-20(19(23)14-24-21(25)26)13-16-9-5-4-6-10-16/h4-12,14H,13,15H2,1-3H3. The highest BCUT2D eigenvalue weighted by Gasteiger charge is 2.18. The van der Waals surface area contributed by atoms with E-state index in [1.807, 2.05) is 18.2 Å². The van der Waals surface area contributed by atoms with Gasteiger partial charge in [0.05, 0.1) is 9.26 Å². The molecule has 0 N–H and O–H groups in total. The zero-order chi connectivity index (χ0) is 19.4. The Balaban J connectivity index is 1.92. The third kappa shape index (κ3) is 5.02. The van der Waals surface area contributed by atoms with Crippen LogP contribution < -0.4 is 5.69 Å². The molecule has 0 atom stereocenters. The summed E-state index contributed by atoms with van der Waals surface area (Å²) in [7, 11) is 0. The molecule has 0 radical (unpaired) electrons. The van der Waals surface area contributed by atoms with Gasteiger partial charge in [0.15, 0.2) is 0 Å². The first-order valence-corrected chi connectivity index (χ1v) is 10.9. The number of aromatic nitrogens is 2. The van der Waals surface area contributed by atoms with Gasteiger partial charge in [0.2, 0.25) is 0 Å². The molecule has 0 unspecified atom stereocenters. The molecule has 5 heteroatoms. The molecule has 3 nitrogen and oxygen atoms in total. The van der Waals surface area contributed by atoms with Crippen LogP contribution in [0.2, 0.25) is 0 Å². The van der Waals surface area contributed by atoms with E-state index in [1.54, 1.807) is 10.2 Å². The normalized spacial score (nSPS) is 11.6. The summed E-state index contributed by atoms with van der Waals surface area (Å²) in [4.78, 5) is 16.6. The zero-order valence-corrected chi connectivity index (χ0v) is 18.8. The molecule has 0 aliphatic heterocycles. The van der Waals surface area contributed by atoms with Crippen molar-refractivity contribution in [2.45, 2.75) is 38.4 Å². The van der Waals surface area contributed by atoms with Crippen LogP contribution in [0, 0.1) is 3.57 Å². The summed E-state index contributed by atoms with van der Waals surface area (Å²) >= 11 is 3.80. The SMILES string of the molecule is CC(C)(C)c1ccccc1CSn1c(Cc2ccccc2)c(I)cnc1=O. The van der Waals surface area contributed by atoms with Crippen LogP contribution >= 0.6 is 34.5 Å². The van der Waals surface area contributed by atoms with Gasteiger partial charge in [-0.3, -0.25) is 0 Å². The minimum Gasteiger partial charge on any atom is -0.245 e. The minimum atomic E-state index is -0.209. The fourth-order valence-electron chi connectivity index (χ4n) is 3.04. The predicted octanol–water partition coefficient (Wildman–Crippen LogP) is 5.43.